The Morgan fingerprint density at radius 3 is 2.76 bits per heavy atom. The van der Waals surface area contributed by atoms with Crippen molar-refractivity contribution in [3.63, 3.8) is 0 Å². The fraction of sp³-hybridized carbons (Fsp3) is 0.769. The topological polar surface area (TPSA) is 47.1 Å². The summed E-state index contributed by atoms with van der Waals surface area (Å²) in [5.41, 5.74) is 8.22. The summed E-state index contributed by atoms with van der Waals surface area (Å²) < 4.78 is 2.13. The average Bonchev–Trinajstić information content (AvgIpc) is 3.10. The van der Waals surface area contributed by atoms with Crippen molar-refractivity contribution in [1.29, 1.82) is 0 Å². The molecule has 0 atom stereocenters. The van der Waals surface area contributed by atoms with E-state index in [4.69, 9.17) is 5.73 Å². The minimum atomic E-state index is 0.747. The van der Waals surface area contributed by atoms with Crippen molar-refractivity contribution in [2.45, 2.75) is 52.2 Å². The van der Waals surface area contributed by atoms with Crippen molar-refractivity contribution >= 4 is 0 Å². The number of hydrogen-bond acceptors (Lipinski definition) is 3. The first kappa shape index (κ1) is 12.6. The Kier molecular flexibility index (Phi) is 4.18. The van der Waals surface area contributed by atoms with Crippen LogP contribution in [0, 0.1) is 0 Å². The molecule has 0 spiro atoms. The number of aryl methyl sites for hydroxylation is 2. The van der Waals surface area contributed by atoms with E-state index in [1.165, 1.54) is 24.2 Å². The Morgan fingerprint density at radius 2 is 2.24 bits per heavy atom. The maximum Gasteiger partial charge on any atom is 0.0625 e. The lowest BCUT2D eigenvalue weighted by Gasteiger charge is -2.21. The van der Waals surface area contributed by atoms with Crippen molar-refractivity contribution in [3.8, 4) is 0 Å². The Bertz CT molecular complexity index is 354. The SMILES string of the molecule is CCc1cc(CN(CCN)C2CC2)n(CC)n1. The summed E-state index contributed by atoms with van der Waals surface area (Å²) in [7, 11) is 0. The van der Waals surface area contributed by atoms with Gasteiger partial charge in [-0.25, -0.2) is 0 Å². The monoisotopic (exact) mass is 236 g/mol. The van der Waals surface area contributed by atoms with Gasteiger partial charge in [-0.05, 0) is 32.3 Å². The molecule has 96 valence electrons. The second kappa shape index (κ2) is 5.65. The Labute approximate surface area is 104 Å². The first-order valence-corrected chi connectivity index (χ1v) is 6.78. The van der Waals surface area contributed by atoms with Crippen LogP contribution in [0.3, 0.4) is 0 Å². The molecule has 1 aromatic heterocycles. The van der Waals surface area contributed by atoms with Crippen LogP contribution in [0.5, 0.6) is 0 Å². The fourth-order valence-electron chi connectivity index (χ4n) is 2.29. The van der Waals surface area contributed by atoms with Gasteiger partial charge in [0.15, 0.2) is 0 Å². The van der Waals surface area contributed by atoms with Gasteiger partial charge in [0, 0.05) is 32.2 Å². The van der Waals surface area contributed by atoms with Crippen molar-refractivity contribution in [1.82, 2.24) is 14.7 Å². The summed E-state index contributed by atoms with van der Waals surface area (Å²) in [5, 5.41) is 4.60. The maximum atomic E-state index is 5.69. The van der Waals surface area contributed by atoms with Gasteiger partial charge in [-0.1, -0.05) is 6.92 Å². The predicted molar refractivity (Wildman–Crippen MR) is 69.8 cm³/mol. The lowest BCUT2D eigenvalue weighted by atomic mass is 10.3. The highest BCUT2D eigenvalue weighted by Crippen LogP contribution is 2.28. The molecule has 0 unspecified atom stereocenters. The summed E-state index contributed by atoms with van der Waals surface area (Å²) in [6.45, 7) is 8.02. The minimum Gasteiger partial charge on any atom is -0.329 e. The van der Waals surface area contributed by atoms with E-state index in [1.807, 2.05) is 0 Å². The molecular formula is C13H24N4. The zero-order chi connectivity index (χ0) is 12.3. The lowest BCUT2D eigenvalue weighted by molar-refractivity contribution is 0.254. The largest absolute Gasteiger partial charge is 0.329 e. The third-order valence-corrected chi connectivity index (χ3v) is 3.42. The molecule has 1 aromatic rings. The molecule has 4 nitrogen and oxygen atoms in total. The van der Waals surface area contributed by atoms with E-state index in [0.29, 0.717) is 0 Å². The van der Waals surface area contributed by atoms with E-state index in [9.17, 15) is 0 Å². The van der Waals surface area contributed by atoms with E-state index < -0.39 is 0 Å². The average molecular weight is 236 g/mol. The van der Waals surface area contributed by atoms with Crippen molar-refractivity contribution < 1.29 is 0 Å². The second-order valence-electron chi connectivity index (χ2n) is 4.79. The number of aromatic nitrogens is 2. The number of rotatable bonds is 7. The minimum absolute atomic E-state index is 0.747. The quantitative estimate of drug-likeness (QED) is 0.778. The Morgan fingerprint density at radius 1 is 1.47 bits per heavy atom. The molecule has 0 bridgehead atoms. The summed E-state index contributed by atoms with van der Waals surface area (Å²) in [6, 6.07) is 3.01. The molecule has 17 heavy (non-hydrogen) atoms. The Hall–Kier alpha value is -0.870. The van der Waals surface area contributed by atoms with E-state index in [2.05, 4.69) is 34.6 Å². The molecule has 1 heterocycles. The van der Waals surface area contributed by atoms with Gasteiger partial charge in [0.1, 0.15) is 0 Å². The van der Waals surface area contributed by atoms with Gasteiger partial charge < -0.3 is 5.73 Å². The van der Waals surface area contributed by atoms with Crippen LogP contribution in [0.2, 0.25) is 0 Å². The van der Waals surface area contributed by atoms with E-state index >= 15 is 0 Å². The van der Waals surface area contributed by atoms with E-state index in [1.54, 1.807) is 0 Å². The molecule has 1 saturated carbocycles. The smallest absolute Gasteiger partial charge is 0.0625 e. The molecule has 4 heteroatoms. The summed E-state index contributed by atoms with van der Waals surface area (Å²) in [4.78, 5) is 2.50. The Balaban J connectivity index is 2.06. The van der Waals surface area contributed by atoms with Gasteiger partial charge in [-0.3, -0.25) is 9.58 Å². The van der Waals surface area contributed by atoms with Crippen LogP contribution in [0.25, 0.3) is 0 Å². The van der Waals surface area contributed by atoms with Crippen molar-refractivity contribution in [2.24, 2.45) is 5.73 Å². The molecule has 0 aromatic carbocycles. The van der Waals surface area contributed by atoms with Gasteiger partial charge in [0.2, 0.25) is 0 Å². The first-order chi connectivity index (χ1) is 8.28. The first-order valence-electron chi connectivity index (χ1n) is 6.78. The fourth-order valence-corrected chi connectivity index (χ4v) is 2.29. The zero-order valence-electron chi connectivity index (χ0n) is 11.0. The van der Waals surface area contributed by atoms with Crippen LogP contribution in [-0.2, 0) is 19.5 Å². The highest BCUT2D eigenvalue weighted by molar-refractivity contribution is 5.11. The molecular weight excluding hydrogens is 212 g/mol. The van der Waals surface area contributed by atoms with Crippen LogP contribution in [0.1, 0.15) is 38.1 Å². The molecule has 0 radical (unpaired) electrons. The molecule has 1 aliphatic carbocycles. The number of nitrogens with two attached hydrogens (primary N) is 1. The normalized spacial score (nSPS) is 15.8. The highest BCUT2D eigenvalue weighted by atomic mass is 15.3. The highest BCUT2D eigenvalue weighted by Gasteiger charge is 2.29. The van der Waals surface area contributed by atoms with Gasteiger partial charge >= 0.3 is 0 Å². The van der Waals surface area contributed by atoms with Gasteiger partial charge in [-0.2, -0.15) is 5.10 Å². The second-order valence-corrected chi connectivity index (χ2v) is 4.79. The number of hydrogen-bond donors (Lipinski definition) is 1. The molecule has 0 saturated heterocycles. The van der Waals surface area contributed by atoms with E-state index in [-0.39, 0.29) is 0 Å². The predicted octanol–water partition coefficient (Wildman–Crippen LogP) is 1.39. The molecule has 2 N–H and O–H groups in total. The summed E-state index contributed by atoms with van der Waals surface area (Å²) in [5.74, 6) is 0. The lowest BCUT2D eigenvalue weighted by Crippen LogP contribution is -2.31. The third-order valence-electron chi connectivity index (χ3n) is 3.42. The van der Waals surface area contributed by atoms with Gasteiger partial charge in [0.25, 0.3) is 0 Å². The third kappa shape index (κ3) is 3.07. The standard InChI is InChI=1S/C13H24N4/c1-3-11-9-13(17(4-2)15-11)10-16(8-7-14)12-5-6-12/h9,12H,3-8,10,14H2,1-2H3. The van der Waals surface area contributed by atoms with Crippen LogP contribution in [-0.4, -0.2) is 33.8 Å². The van der Waals surface area contributed by atoms with Crippen molar-refractivity contribution in [3.05, 3.63) is 17.5 Å². The summed E-state index contributed by atoms with van der Waals surface area (Å²) >= 11 is 0. The van der Waals surface area contributed by atoms with Gasteiger partial charge in [0.05, 0.1) is 11.4 Å². The van der Waals surface area contributed by atoms with Crippen LogP contribution >= 0.6 is 0 Å². The molecule has 0 amide bonds. The molecule has 0 aliphatic heterocycles. The molecule has 1 aliphatic rings. The van der Waals surface area contributed by atoms with Crippen LogP contribution in [0.4, 0.5) is 0 Å². The van der Waals surface area contributed by atoms with E-state index in [0.717, 1.165) is 38.6 Å². The van der Waals surface area contributed by atoms with Gasteiger partial charge in [-0.15, -0.1) is 0 Å². The molecule has 1 fully saturated rings. The van der Waals surface area contributed by atoms with Crippen LogP contribution < -0.4 is 5.73 Å². The molecule has 2 rings (SSSR count). The van der Waals surface area contributed by atoms with Crippen molar-refractivity contribution in [2.75, 3.05) is 13.1 Å². The maximum absolute atomic E-state index is 5.69. The zero-order valence-corrected chi connectivity index (χ0v) is 11.0. The van der Waals surface area contributed by atoms with Crippen LogP contribution in [0.15, 0.2) is 6.07 Å². The summed E-state index contributed by atoms with van der Waals surface area (Å²) in [6.07, 6.45) is 3.68. The number of nitrogens with zero attached hydrogens (tertiary/aromatic N) is 3.